The third kappa shape index (κ3) is 3.32. The summed E-state index contributed by atoms with van der Waals surface area (Å²) in [5.74, 6) is -0.353. The molecule has 0 fully saturated rings. The zero-order valence-corrected chi connectivity index (χ0v) is 12.6. The number of rotatable bonds is 4. The van der Waals surface area contributed by atoms with Crippen molar-refractivity contribution < 1.29 is 9.72 Å². The molecule has 0 saturated carbocycles. The number of carbonyl (C=O) groups is 1. The number of nitrogens with two attached hydrogens (primary N) is 1. The number of nitrogens with zero attached hydrogens (tertiary/aromatic N) is 2. The maximum absolute atomic E-state index is 12.3. The first-order valence-corrected chi connectivity index (χ1v) is 7.17. The Balaban J connectivity index is 2.28. The summed E-state index contributed by atoms with van der Waals surface area (Å²) in [4.78, 5) is 25.1. The minimum absolute atomic E-state index is 0.00271. The molecule has 1 aromatic heterocycles. The van der Waals surface area contributed by atoms with E-state index in [0.29, 0.717) is 6.54 Å². The van der Waals surface area contributed by atoms with Crippen LogP contribution in [-0.4, -0.2) is 22.8 Å². The number of nitrogen functional groups attached to an aromatic ring is 1. The van der Waals surface area contributed by atoms with Crippen LogP contribution >= 0.6 is 22.9 Å². The molecule has 21 heavy (non-hydrogen) atoms. The van der Waals surface area contributed by atoms with Crippen molar-refractivity contribution in [2.24, 2.45) is 0 Å². The average molecular weight is 326 g/mol. The Labute approximate surface area is 129 Å². The van der Waals surface area contributed by atoms with Crippen molar-refractivity contribution in [2.45, 2.75) is 6.54 Å². The lowest BCUT2D eigenvalue weighted by molar-refractivity contribution is -0.383. The number of halogens is 1. The summed E-state index contributed by atoms with van der Waals surface area (Å²) in [6.07, 6.45) is 0. The van der Waals surface area contributed by atoms with Crippen LogP contribution in [0.25, 0.3) is 0 Å². The normalized spacial score (nSPS) is 10.4. The first kappa shape index (κ1) is 15.3. The fourth-order valence-electron chi connectivity index (χ4n) is 1.81. The van der Waals surface area contributed by atoms with Crippen molar-refractivity contribution in [1.82, 2.24) is 4.90 Å². The maximum Gasteiger partial charge on any atom is 0.294 e. The molecule has 0 unspecified atom stereocenters. The van der Waals surface area contributed by atoms with Gasteiger partial charge in [-0.25, -0.2) is 0 Å². The Morgan fingerprint density at radius 2 is 2.24 bits per heavy atom. The van der Waals surface area contributed by atoms with Crippen molar-refractivity contribution in [2.75, 3.05) is 12.8 Å². The molecule has 6 nitrogen and oxygen atoms in total. The molecule has 2 N–H and O–H groups in total. The van der Waals surface area contributed by atoms with Crippen LogP contribution in [0.5, 0.6) is 0 Å². The third-order valence-corrected chi connectivity index (χ3v) is 4.05. The van der Waals surface area contributed by atoms with Crippen LogP contribution in [0.1, 0.15) is 15.2 Å². The number of anilines is 1. The highest BCUT2D eigenvalue weighted by molar-refractivity contribution is 7.09. The van der Waals surface area contributed by atoms with E-state index < -0.39 is 4.92 Å². The Morgan fingerprint density at radius 3 is 2.81 bits per heavy atom. The number of nitro benzene ring substituents is 1. The van der Waals surface area contributed by atoms with Gasteiger partial charge in [0.05, 0.1) is 16.5 Å². The molecule has 2 rings (SSSR count). The van der Waals surface area contributed by atoms with Gasteiger partial charge in [0.2, 0.25) is 0 Å². The quantitative estimate of drug-likeness (QED) is 0.531. The van der Waals surface area contributed by atoms with Crippen LogP contribution in [-0.2, 0) is 6.54 Å². The van der Waals surface area contributed by atoms with Gasteiger partial charge < -0.3 is 10.6 Å². The lowest BCUT2D eigenvalue weighted by Crippen LogP contribution is -2.26. The van der Waals surface area contributed by atoms with E-state index in [9.17, 15) is 14.9 Å². The number of hydrogen-bond acceptors (Lipinski definition) is 5. The van der Waals surface area contributed by atoms with E-state index in [1.807, 2.05) is 17.5 Å². The first-order valence-electron chi connectivity index (χ1n) is 5.91. The second-order valence-corrected chi connectivity index (χ2v) is 5.83. The van der Waals surface area contributed by atoms with Gasteiger partial charge in [-0.05, 0) is 17.5 Å². The highest BCUT2D eigenvalue weighted by atomic mass is 35.5. The number of amides is 1. The fourth-order valence-corrected chi connectivity index (χ4v) is 2.78. The maximum atomic E-state index is 12.3. The molecule has 0 aliphatic heterocycles. The van der Waals surface area contributed by atoms with Gasteiger partial charge in [0.15, 0.2) is 0 Å². The fraction of sp³-hybridized carbons (Fsp3) is 0.154. The summed E-state index contributed by atoms with van der Waals surface area (Å²) >= 11 is 7.39. The van der Waals surface area contributed by atoms with Gasteiger partial charge in [-0.1, -0.05) is 17.7 Å². The third-order valence-electron chi connectivity index (χ3n) is 2.87. The summed E-state index contributed by atoms with van der Waals surface area (Å²) in [7, 11) is 1.62. The topological polar surface area (TPSA) is 89.5 Å². The monoisotopic (exact) mass is 325 g/mol. The molecule has 110 valence electrons. The van der Waals surface area contributed by atoms with E-state index in [1.165, 1.54) is 22.3 Å². The molecular formula is C13H12ClN3O3S. The van der Waals surface area contributed by atoms with Crippen LogP contribution in [0.15, 0.2) is 29.6 Å². The lowest BCUT2D eigenvalue weighted by atomic mass is 10.1. The largest absolute Gasteiger partial charge is 0.392 e. The van der Waals surface area contributed by atoms with Crippen LogP contribution in [0.2, 0.25) is 5.02 Å². The molecule has 1 amide bonds. The number of thiophene rings is 1. The highest BCUT2D eigenvalue weighted by Crippen LogP contribution is 2.31. The smallest absolute Gasteiger partial charge is 0.294 e. The zero-order chi connectivity index (χ0) is 15.6. The molecule has 1 aromatic carbocycles. The van der Waals surface area contributed by atoms with Gasteiger partial charge in [0.1, 0.15) is 5.69 Å². The van der Waals surface area contributed by atoms with Crippen LogP contribution in [0.4, 0.5) is 11.4 Å². The van der Waals surface area contributed by atoms with Crippen LogP contribution in [0, 0.1) is 10.1 Å². The SMILES string of the molecule is CN(Cc1cccs1)C(=O)c1cc(Cl)c(N)c([N+](=O)[O-])c1. The molecule has 1 heterocycles. The Morgan fingerprint density at radius 1 is 1.52 bits per heavy atom. The van der Waals surface area contributed by atoms with E-state index >= 15 is 0 Å². The van der Waals surface area contributed by atoms with E-state index in [2.05, 4.69) is 0 Å². The molecule has 8 heteroatoms. The van der Waals surface area contributed by atoms with Gasteiger partial charge in [0, 0.05) is 23.6 Å². The van der Waals surface area contributed by atoms with Gasteiger partial charge in [-0.3, -0.25) is 14.9 Å². The van der Waals surface area contributed by atoms with E-state index in [1.54, 1.807) is 7.05 Å². The standard InChI is InChI=1S/C13H12ClN3O3S/c1-16(7-9-3-2-4-21-9)13(18)8-5-10(14)12(15)11(6-8)17(19)20/h2-6H,7,15H2,1H3. The van der Waals surface area contributed by atoms with Crippen molar-refractivity contribution in [1.29, 1.82) is 0 Å². The van der Waals surface area contributed by atoms with Crippen LogP contribution in [0.3, 0.4) is 0 Å². The molecule has 0 aliphatic rings. The van der Waals surface area contributed by atoms with Crippen LogP contribution < -0.4 is 5.73 Å². The highest BCUT2D eigenvalue weighted by Gasteiger charge is 2.21. The molecule has 0 atom stereocenters. The van der Waals surface area contributed by atoms with E-state index in [4.69, 9.17) is 17.3 Å². The zero-order valence-electron chi connectivity index (χ0n) is 11.1. The number of carbonyl (C=O) groups excluding carboxylic acids is 1. The predicted molar refractivity (Wildman–Crippen MR) is 82.6 cm³/mol. The molecule has 0 saturated heterocycles. The minimum Gasteiger partial charge on any atom is -0.392 e. The molecular weight excluding hydrogens is 314 g/mol. The summed E-state index contributed by atoms with van der Waals surface area (Å²) in [6, 6.07) is 6.29. The molecule has 2 aromatic rings. The average Bonchev–Trinajstić information content (AvgIpc) is 2.93. The van der Waals surface area contributed by atoms with Crippen molar-refractivity contribution in [3.8, 4) is 0 Å². The first-order chi connectivity index (χ1) is 9.90. The van der Waals surface area contributed by atoms with Gasteiger partial charge in [0.25, 0.3) is 11.6 Å². The molecule has 0 aliphatic carbocycles. The Bertz CT molecular complexity index is 688. The Kier molecular flexibility index (Phi) is 4.44. The summed E-state index contributed by atoms with van der Waals surface area (Å²) in [5, 5.41) is 12.8. The van der Waals surface area contributed by atoms with Crippen molar-refractivity contribution >= 4 is 40.2 Å². The minimum atomic E-state index is -0.655. The molecule has 0 spiro atoms. The summed E-state index contributed by atoms with van der Waals surface area (Å²) in [5.41, 5.74) is 5.18. The van der Waals surface area contributed by atoms with Gasteiger partial charge >= 0.3 is 0 Å². The number of hydrogen-bond donors (Lipinski definition) is 1. The number of benzene rings is 1. The number of nitro groups is 1. The van der Waals surface area contributed by atoms with E-state index in [0.717, 1.165) is 10.9 Å². The second kappa shape index (κ2) is 6.11. The summed E-state index contributed by atoms with van der Waals surface area (Å²) in [6.45, 7) is 0.423. The second-order valence-electron chi connectivity index (χ2n) is 4.39. The van der Waals surface area contributed by atoms with Crippen molar-refractivity contribution in [3.05, 3.63) is 55.2 Å². The van der Waals surface area contributed by atoms with Gasteiger partial charge in [-0.2, -0.15) is 0 Å². The van der Waals surface area contributed by atoms with Crippen molar-refractivity contribution in [3.63, 3.8) is 0 Å². The molecule has 0 bridgehead atoms. The predicted octanol–water partition coefficient (Wildman–Crippen LogP) is 3.16. The summed E-state index contributed by atoms with van der Waals surface area (Å²) < 4.78 is 0. The lowest BCUT2D eigenvalue weighted by Gasteiger charge is -2.16. The van der Waals surface area contributed by atoms with Gasteiger partial charge in [-0.15, -0.1) is 11.3 Å². The van der Waals surface area contributed by atoms with E-state index in [-0.39, 0.29) is 27.9 Å². The Hall–Kier alpha value is -2.12. The molecule has 0 radical (unpaired) electrons.